The number of benzene rings is 1. The van der Waals surface area contributed by atoms with Crippen molar-refractivity contribution in [1.82, 2.24) is 9.62 Å². The van der Waals surface area contributed by atoms with Gasteiger partial charge in [0.05, 0.1) is 6.54 Å². The van der Waals surface area contributed by atoms with Crippen molar-refractivity contribution in [2.24, 2.45) is 0 Å². The normalized spacial score (nSPS) is 20.4. The van der Waals surface area contributed by atoms with Gasteiger partial charge in [0.25, 0.3) is 0 Å². The number of hydrogen-bond donors (Lipinski definition) is 2. The van der Waals surface area contributed by atoms with Crippen molar-refractivity contribution < 1.29 is 22.4 Å². The molecule has 2 rings (SSSR count). The smallest absolute Gasteiger partial charge is 0.247 e. The molecule has 0 aliphatic carbocycles. The maximum atomic E-state index is 13.8. The van der Waals surface area contributed by atoms with Crippen LogP contribution < -0.4 is 11.1 Å². The second kappa shape index (κ2) is 5.41. The Morgan fingerprint density at radius 2 is 2.10 bits per heavy atom. The molecule has 1 heterocycles. The largest absolute Gasteiger partial charge is 0.399 e. The first-order valence-electron chi connectivity index (χ1n) is 6.18. The minimum Gasteiger partial charge on any atom is -0.399 e. The third kappa shape index (κ3) is 2.74. The Morgan fingerprint density at radius 3 is 2.71 bits per heavy atom. The zero-order chi connectivity index (χ0) is 15.8. The average molecular weight is 315 g/mol. The lowest BCUT2D eigenvalue weighted by Gasteiger charge is -2.32. The van der Waals surface area contributed by atoms with E-state index in [1.54, 1.807) is 6.92 Å². The molecule has 0 spiro atoms. The van der Waals surface area contributed by atoms with E-state index in [-0.39, 0.29) is 12.1 Å². The number of imide groups is 1. The Labute approximate surface area is 121 Å². The van der Waals surface area contributed by atoms with E-state index in [0.29, 0.717) is 4.31 Å². The lowest BCUT2D eigenvalue weighted by molar-refractivity contribution is -0.137. The van der Waals surface area contributed by atoms with Crippen LogP contribution in [-0.4, -0.2) is 37.1 Å². The summed E-state index contributed by atoms with van der Waals surface area (Å²) in [6.45, 7) is 1.05. The van der Waals surface area contributed by atoms with Crippen LogP contribution in [0.5, 0.6) is 0 Å². The molecule has 0 radical (unpaired) electrons. The highest BCUT2D eigenvalue weighted by Crippen LogP contribution is 2.25. The predicted molar refractivity (Wildman–Crippen MR) is 71.9 cm³/mol. The number of anilines is 1. The summed E-state index contributed by atoms with van der Waals surface area (Å²) in [4.78, 5) is 22.5. The molecule has 21 heavy (non-hydrogen) atoms. The molecule has 3 N–H and O–H groups in total. The number of piperazine rings is 1. The molecular weight excluding hydrogens is 301 g/mol. The number of amides is 2. The van der Waals surface area contributed by atoms with Gasteiger partial charge in [-0.05, 0) is 24.6 Å². The molecule has 1 unspecified atom stereocenters. The van der Waals surface area contributed by atoms with Crippen LogP contribution in [0.25, 0.3) is 0 Å². The van der Waals surface area contributed by atoms with E-state index in [1.165, 1.54) is 6.07 Å². The molecule has 9 heteroatoms. The third-order valence-corrected chi connectivity index (χ3v) is 5.01. The van der Waals surface area contributed by atoms with Gasteiger partial charge in [0.15, 0.2) is 0 Å². The first-order valence-corrected chi connectivity index (χ1v) is 7.62. The third-order valence-electron chi connectivity index (χ3n) is 3.14. The summed E-state index contributed by atoms with van der Waals surface area (Å²) < 4.78 is 39.5. The van der Waals surface area contributed by atoms with E-state index in [4.69, 9.17) is 5.73 Å². The molecular formula is C12H14FN3O4S. The van der Waals surface area contributed by atoms with Crippen molar-refractivity contribution >= 4 is 27.5 Å². The van der Waals surface area contributed by atoms with Crippen LogP contribution in [0.3, 0.4) is 0 Å². The van der Waals surface area contributed by atoms with E-state index < -0.39 is 45.1 Å². The van der Waals surface area contributed by atoms with Gasteiger partial charge in [0.2, 0.25) is 21.8 Å². The molecule has 0 bridgehead atoms. The Morgan fingerprint density at radius 1 is 1.43 bits per heavy atom. The fourth-order valence-electron chi connectivity index (χ4n) is 2.13. The maximum Gasteiger partial charge on any atom is 0.247 e. The van der Waals surface area contributed by atoms with E-state index in [0.717, 1.165) is 12.1 Å². The van der Waals surface area contributed by atoms with Gasteiger partial charge in [-0.3, -0.25) is 14.9 Å². The molecule has 1 saturated heterocycles. The maximum absolute atomic E-state index is 13.8. The molecule has 1 aliphatic rings. The molecule has 1 aromatic rings. The number of rotatable bonds is 3. The van der Waals surface area contributed by atoms with Crippen molar-refractivity contribution in [1.29, 1.82) is 0 Å². The monoisotopic (exact) mass is 315 g/mol. The summed E-state index contributed by atoms with van der Waals surface area (Å²) in [6.07, 6.45) is 0.155. The highest BCUT2D eigenvalue weighted by Gasteiger charge is 2.41. The number of halogens is 1. The zero-order valence-electron chi connectivity index (χ0n) is 11.2. The molecule has 1 aromatic carbocycles. The Hall–Kier alpha value is -2.00. The molecule has 0 aromatic heterocycles. The van der Waals surface area contributed by atoms with Crippen molar-refractivity contribution in [3.63, 3.8) is 0 Å². The summed E-state index contributed by atoms with van der Waals surface area (Å²) in [7, 11) is -4.35. The lowest BCUT2D eigenvalue weighted by atomic mass is 10.2. The Balaban J connectivity index is 2.53. The van der Waals surface area contributed by atoms with Crippen LogP contribution in [0.15, 0.2) is 23.1 Å². The highest BCUT2D eigenvalue weighted by atomic mass is 32.2. The van der Waals surface area contributed by atoms with Gasteiger partial charge in [-0.1, -0.05) is 6.92 Å². The van der Waals surface area contributed by atoms with Crippen molar-refractivity contribution in [2.75, 3.05) is 12.3 Å². The zero-order valence-corrected chi connectivity index (χ0v) is 12.0. The van der Waals surface area contributed by atoms with Crippen LogP contribution in [-0.2, 0) is 19.6 Å². The Kier molecular flexibility index (Phi) is 3.97. The standard InChI is InChI=1S/C12H14FN3O4S/c1-2-9-12(18)15-11(17)6-16(9)21(19,20)10-5-7(14)3-4-8(10)13/h3-5,9H,2,6,14H2,1H3,(H,15,17,18). The van der Waals surface area contributed by atoms with Gasteiger partial charge in [-0.2, -0.15) is 4.31 Å². The fourth-order valence-corrected chi connectivity index (χ4v) is 3.85. The molecule has 1 atom stereocenters. The van der Waals surface area contributed by atoms with Crippen molar-refractivity contribution in [3.8, 4) is 0 Å². The van der Waals surface area contributed by atoms with Gasteiger partial charge in [0.1, 0.15) is 16.8 Å². The van der Waals surface area contributed by atoms with E-state index in [1.807, 2.05) is 0 Å². The number of carbonyl (C=O) groups is 2. The predicted octanol–water partition coefficient (Wildman–Crippen LogP) is -0.166. The van der Waals surface area contributed by atoms with Gasteiger partial charge >= 0.3 is 0 Å². The topological polar surface area (TPSA) is 110 Å². The second-order valence-electron chi connectivity index (χ2n) is 4.58. The number of sulfonamides is 1. The average Bonchev–Trinajstić information content (AvgIpc) is 2.40. The number of nitrogens with zero attached hydrogens (tertiary/aromatic N) is 1. The highest BCUT2D eigenvalue weighted by molar-refractivity contribution is 7.89. The van der Waals surface area contributed by atoms with Crippen molar-refractivity contribution in [2.45, 2.75) is 24.3 Å². The van der Waals surface area contributed by atoms with Crippen LogP contribution in [0.1, 0.15) is 13.3 Å². The van der Waals surface area contributed by atoms with Gasteiger partial charge in [-0.15, -0.1) is 0 Å². The molecule has 0 saturated carbocycles. The van der Waals surface area contributed by atoms with Gasteiger partial charge < -0.3 is 5.73 Å². The first kappa shape index (κ1) is 15.4. The number of hydrogen-bond acceptors (Lipinski definition) is 5. The minimum atomic E-state index is -4.35. The van der Waals surface area contributed by atoms with E-state index in [2.05, 4.69) is 5.32 Å². The molecule has 2 amide bonds. The van der Waals surface area contributed by atoms with Crippen LogP contribution >= 0.6 is 0 Å². The Bertz CT molecular complexity index is 704. The minimum absolute atomic E-state index is 0.0656. The quantitative estimate of drug-likeness (QED) is 0.594. The van der Waals surface area contributed by atoms with Gasteiger partial charge in [-0.25, -0.2) is 12.8 Å². The van der Waals surface area contributed by atoms with Crippen LogP contribution in [0, 0.1) is 5.82 Å². The summed E-state index contributed by atoms with van der Waals surface area (Å²) >= 11 is 0. The SMILES string of the molecule is CCC1C(=O)NC(=O)CN1S(=O)(=O)c1cc(N)ccc1F. The van der Waals surface area contributed by atoms with Crippen LogP contribution in [0.2, 0.25) is 0 Å². The summed E-state index contributed by atoms with van der Waals surface area (Å²) in [5, 5.41) is 2.06. The molecule has 1 aliphatic heterocycles. The number of carbonyl (C=O) groups excluding carboxylic acids is 2. The molecule has 114 valence electrons. The summed E-state index contributed by atoms with van der Waals surface area (Å²) in [6, 6.07) is 2.05. The first-order chi connectivity index (χ1) is 9.77. The number of nitrogens with two attached hydrogens (primary N) is 1. The molecule has 7 nitrogen and oxygen atoms in total. The lowest BCUT2D eigenvalue weighted by Crippen LogP contribution is -2.59. The van der Waals surface area contributed by atoms with E-state index in [9.17, 15) is 22.4 Å². The summed E-state index contributed by atoms with van der Waals surface area (Å²) in [5.41, 5.74) is 5.55. The van der Waals surface area contributed by atoms with Crippen molar-refractivity contribution in [3.05, 3.63) is 24.0 Å². The summed E-state index contributed by atoms with van der Waals surface area (Å²) in [5.74, 6) is -2.46. The fraction of sp³-hybridized carbons (Fsp3) is 0.333. The number of nitrogens with one attached hydrogen (secondary N) is 1. The van der Waals surface area contributed by atoms with Crippen LogP contribution in [0.4, 0.5) is 10.1 Å². The second-order valence-corrected chi connectivity index (χ2v) is 6.44. The molecule has 1 fully saturated rings. The van der Waals surface area contributed by atoms with E-state index >= 15 is 0 Å². The number of nitrogen functional groups attached to an aromatic ring is 1. The van der Waals surface area contributed by atoms with Gasteiger partial charge in [0, 0.05) is 5.69 Å².